The van der Waals surface area contributed by atoms with Crippen molar-refractivity contribution < 1.29 is 0 Å². The van der Waals surface area contributed by atoms with Gasteiger partial charge in [-0.15, -0.1) is 0 Å². The third-order valence-corrected chi connectivity index (χ3v) is 6.09. The number of aliphatic imine (C=N–C) groups is 1. The molecule has 2 aliphatic heterocycles. The average molecular weight is 281 g/mol. The van der Waals surface area contributed by atoms with Crippen LogP contribution < -0.4 is 5.32 Å². The minimum Gasteiger partial charge on any atom is -0.362 e. The van der Waals surface area contributed by atoms with Crippen LogP contribution in [0.25, 0.3) is 0 Å². The topological polar surface area (TPSA) is 27.6 Å². The third kappa shape index (κ3) is 3.27. The summed E-state index contributed by atoms with van der Waals surface area (Å²) in [6.07, 6.45) is 6.83. The maximum atomic E-state index is 5.04. The summed E-state index contributed by atoms with van der Waals surface area (Å²) < 4.78 is 0. The fourth-order valence-electron chi connectivity index (χ4n) is 3.74. The molecule has 4 atom stereocenters. The first-order chi connectivity index (χ1) is 9.22. The highest BCUT2D eigenvalue weighted by molar-refractivity contribution is 8.13. The van der Waals surface area contributed by atoms with E-state index in [0.29, 0.717) is 12.0 Å². The van der Waals surface area contributed by atoms with Gasteiger partial charge in [-0.25, -0.2) is 0 Å². The summed E-state index contributed by atoms with van der Waals surface area (Å²) in [6, 6.07) is 1.25. The Morgan fingerprint density at radius 1 is 1.26 bits per heavy atom. The van der Waals surface area contributed by atoms with Crippen molar-refractivity contribution in [3.8, 4) is 0 Å². The Bertz CT molecular complexity index is 344. The lowest BCUT2D eigenvalue weighted by Gasteiger charge is -2.38. The molecule has 0 aromatic carbocycles. The highest BCUT2D eigenvalue weighted by Gasteiger charge is 2.31. The Balaban J connectivity index is 1.61. The van der Waals surface area contributed by atoms with E-state index in [9.17, 15) is 0 Å². The van der Waals surface area contributed by atoms with Gasteiger partial charge in [0.2, 0.25) is 0 Å². The smallest absolute Gasteiger partial charge is 0.157 e. The normalized spacial score (nSPS) is 42.7. The number of hydrogen-bond donors (Lipinski definition) is 1. The Hall–Kier alpha value is -0.220. The molecule has 3 rings (SSSR count). The predicted molar refractivity (Wildman–Crippen MR) is 83.8 cm³/mol. The minimum absolute atomic E-state index is 0.534. The molecule has 3 aliphatic rings. The lowest BCUT2D eigenvalue weighted by Crippen LogP contribution is -2.47. The summed E-state index contributed by atoms with van der Waals surface area (Å²) in [5, 5.41) is 4.97. The van der Waals surface area contributed by atoms with Crippen molar-refractivity contribution in [1.29, 1.82) is 0 Å². The van der Waals surface area contributed by atoms with Crippen molar-refractivity contribution >= 4 is 16.9 Å². The molecule has 0 spiro atoms. The predicted octanol–water partition coefficient (Wildman–Crippen LogP) is 2.58. The largest absolute Gasteiger partial charge is 0.362 e. The fourth-order valence-corrected chi connectivity index (χ4v) is 4.96. The van der Waals surface area contributed by atoms with Crippen LogP contribution in [-0.2, 0) is 0 Å². The van der Waals surface area contributed by atoms with Crippen LogP contribution >= 0.6 is 11.8 Å². The first-order valence-electron chi connectivity index (χ1n) is 7.88. The molecule has 0 radical (unpaired) electrons. The number of hydrogen-bond acceptors (Lipinski definition) is 3. The Morgan fingerprint density at radius 3 is 2.95 bits per heavy atom. The van der Waals surface area contributed by atoms with Gasteiger partial charge in [0, 0.05) is 18.3 Å². The van der Waals surface area contributed by atoms with Gasteiger partial charge in [-0.05, 0) is 44.7 Å². The molecule has 108 valence electrons. The summed E-state index contributed by atoms with van der Waals surface area (Å²) >= 11 is 1.97. The van der Waals surface area contributed by atoms with Crippen LogP contribution in [0.2, 0.25) is 0 Å². The number of nitrogens with zero attached hydrogens (tertiary/aromatic N) is 2. The number of nitrogens with one attached hydrogen (secondary N) is 1. The summed E-state index contributed by atoms with van der Waals surface area (Å²) in [5.74, 6) is 2.88. The lowest BCUT2D eigenvalue weighted by atomic mass is 9.86. The van der Waals surface area contributed by atoms with Crippen molar-refractivity contribution in [3.05, 3.63) is 0 Å². The number of rotatable bonds is 1. The van der Waals surface area contributed by atoms with E-state index in [0.717, 1.165) is 12.0 Å². The van der Waals surface area contributed by atoms with Crippen molar-refractivity contribution in [2.75, 3.05) is 25.9 Å². The van der Waals surface area contributed by atoms with Crippen LogP contribution in [0.4, 0.5) is 0 Å². The van der Waals surface area contributed by atoms with E-state index < -0.39 is 0 Å². The summed E-state index contributed by atoms with van der Waals surface area (Å²) in [5.41, 5.74) is 0. The van der Waals surface area contributed by atoms with Gasteiger partial charge in [-0.2, -0.15) is 0 Å². The maximum Gasteiger partial charge on any atom is 0.157 e. The fraction of sp³-hybridized carbons (Fsp3) is 0.933. The lowest BCUT2D eigenvalue weighted by molar-refractivity contribution is 0.198. The Morgan fingerprint density at radius 2 is 2.11 bits per heavy atom. The molecule has 3 nitrogen and oxygen atoms in total. The molecule has 3 fully saturated rings. The van der Waals surface area contributed by atoms with E-state index in [-0.39, 0.29) is 0 Å². The van der Waals surface area contributed by atoms with Gasteiger partial charge in [-0.1, -0.05) is 31.5 Å². The van der Waals surface area contributed by atoms with Crippen LogP contribution in [-0.4, -0.2) is 48.0 Å². The monoisotopic (exact) mass is 281 g/mol. The Labute approximate surface area is 121 Å². The number of fused-ring (bicyclic) bond motifs is 1. The van der Waals surface area contributed by atoms with Gasteiger partial charge in [0.15, 0.2) is 5.17 Å². The highest BCUT2D eigenvalue weighted by Crippen LogP contribution is 2.32. The van der Waals surface area contributed by atoms with Crippen LogP contribution in [0, 0.1) is 11.8 Å². The summed E-state index contributed by atoms with van der Waals surface area (Å²) in [4.78, 5) is 7.47. The molecule has 0 amide bonds. The number of amidine groups is 1. The van der Waals surface area contributed by atoms with Gasteiger partial charge in [0.1, 0.15) is 0 Å². The van der Waals surface area contributed by atoms with E-state index in [1.54, 1.807) is 0 Å². The van der Waals surface area contributed by atoms with Crippen LogP contribution in [0.3, 0.4) is 0 Å². The second-order valence-electron chi connectivity index (χ2n) is 6.64. The molecule has 4 unspecified atom stereocenters. The molecule has 1 saturated carbocycles. The SMILES string of the molecule is CC1CN(C)CCC1N=C1NC2CCCCC2CS1. The molecule has 2 heterocycles. The van der Waals surface area contributed by atoms with E-state index in [1.165, 1.54) is 56.1 Å². The number of likely N-dealkylation sites (tertiary alicyclic amines) is 1. The van der Waals surface area contributed by atoms with E-state index in [2.05, 4.69) is 24.2 Å². The zero-order valence-electron chi connectivity index (χ0n) is 12.3. The second-order valence-corrected chi connectivity index (χ2v) is 7.64. The third-order valence-electron chi connectivity index (χ3n) is 5.00. The van der Waals surface area contributed by atoms with Gasteiger partial charge in [0.25, 0.3) is 0 Å². The van der Waals surface area contributed by atoms with Gasteiger partial charge in [-0.3, -0.25) is 4.99 Å². The van der Waals surface area contributed by atoms with Gasteiger partial charge in [0.05, 0.1) is 6.04 Å². The molecule has 0 bridgehead atoms. The van der Waals surface area contributed by atoms with E-state index in [4.69, 9.17) is 4.99 Å². The summed E-state index contributed by atoms with van der Waals surface area (Å²) in [6.45, 7) is 4.74. The van der Waals surface area contributed by atoms with Crippen molar-refractivity contribution in [1.82, 2.24) is 10.2 Å². The molecular weight excluding hydrogens is 254 g/mol. The van der Waals surface area contributed by atoms with E-state index >= 15 is 0 Å². The molecule has 4 heteroatoms. The first kappa shape index (κ1) is 13.7. The van der Waals surface area contributed by atoms with Crippen LogP contribution in [0.15, 0.2) is 4.99 Å². The molecule has 2 saturated heterocycles. The molecule has 1 aliphatic carbocycles. The van der Waals surface area contributed by atoms with Crippen molar-refractivity contribution in [3.63, 3.8) is 0 Å². The van der Waals surface area contributed by atoms with E-state index in [1.807, 2.05) is 11.8 Å². The molecule has 1 N–H and O–H groups in total. The maximum absolute atomic E-state index is 5.04. The van der Waals surface area contributed by atoms with Gasteiger partial charge < -0.3 is 10.2 Å². The standard InChI is InChI=1S/C15H27N3S/c1-11-9-18(2)8-7-13(11)16-15-17-14-6-4-3-5-12(14)10-19-15/h11-14H,3-10H2,1-2H3,(H,16,17). The highest BCUT2D eigenvalue weighted by atomic mass is 32.2. The van der Waals surface area contributed by atoms with Gasteiger partial charge >= 0.3 is 0 Å². The number of thioether (sulfide) groups is 1. The molecular formula is C15H27N3S. The van der Waals surface area contributed by atoms with Crippen molar-refractivity contribution in [2.45, 2.75) is 51.1 Å². The summed E-state index contributed by atoms with van der Waals surface area (Å²) in [7, 11) is 2.22. The average Bonchev–Trinajstić information content (AvgIpc) is 2.42. The van der Waals surface area contributed by atoms with Crippen LogP contribution in [0.1, 0.15) is 39.0 Å². The number of piperidine rings is 1. The molecule has 0 aromatic heterocycles. The second kappa shape index (κ2) is 6.04. The quantitative estimate of drug-likeness (QED) is 0.800. The van der Waals surface area contributed by atoms with Crippen molar-refractivity contribution in [2.24, 2.45) is 16.8 Å². The first-order valence-corrected chi connectivity index (χ1v) is 8.86. The molecule has 0 aromatic rings. The Kier molecular flexibility index (Phi) is 4.37. The molecule has 19 heavy (non-hydrogen) atoms. The minimum atomic E-state index is 0.534. The van der Waals surface area contributed by atoms with Crippen LogP contribution in [0.5, 0.6) is 0 Å². The zero-order chi connectivity index (χ0) is 13.2. The zero-order valence-corrected chi connectivity index (χ0v) is 13.1.